The van der Waals surface area contributed by atoms with Crippen LogP contribution in [0, 0.1) is 6.92 Å². The minimum absolute atomic E-state index is 0.150. The number of ether oxygens (including phenoxy) is 1. The second kappa shape index (κ2) is 9.77. The van der Waals surface area contributed by atoms with E-state index in [2.05, 4.69) is 15.3 Å². The molecule has 0 spiro atoms. The van der Waals surface area contributed by atoms with Crippen molar-refractivity contribution in [3.63, 3.8) is 0 Å². The largest absolute Gasteiger partial charge is 0.496 e. The van der Waals surface area contributed by atoms with Crippen molar-refractivity contribution in [2.75, 3.05) is 32.6 Å². The zero-order valence-corrected chi connectivity index (χ0v) is 18.8. The summed E-state index contributed by atoms with van der Waals surface area (Å²) in [4.78, 5) is 28.6. The first-order chi connectivity index (χ1) is 15.6. The second-order valence-corrected chi connectivity index (χ2v) is 8.15. The number of nitrogens with zero attached hydrogens (tertiary/aromatic N) is 4. The van der Waals surface area contributed by atoms with Gasteiger partial charge in [-0.3, -0.25) is 9.78 Å². The molecule has 166 valence electrons. The van der Waals surface area contributed by atoms with E-state index in [-0.39, 0.29) is 11.8 Å². The molecule has 0 aliphatic carbocycles. The molecule has 7 heteroatoms. The van der Waals surface area contributed by atoms with Gasteiger partial charge in [0.25, 0.3) is 0 Å². The van der Waals surface area contributed by atoms with Gasteiger partial charge in [0.1, 0.15) is 11.6 Å². The predicted octanol–water partition coefficient (Wildman–Crippen LogP) is 3.85. The number of benzene rings is 1. The molecule has 1 aliphatic rings. The molecule has 0 unspecified atom stereocenters. The Hall–Kier alpha value is -3.48. The van der Waals surface area contributed by atoms with E-state index in [1.165, 1.54) is 0 Å². The number of nitrogens with one attached hydrogen (secondary N) is 1. The summed E-state index contributed by atoms with van der Waals surface area (Å²) in [5.74, 6) is 2.62. The normalized spacial score (nSPS) is 16.0. The number of anilines is 1. The van der Waals surface area contributed by atoms with E-state index in [1.807, 2.05) is 55.3 Å². The summed E-state index contributed by atoms with van der Waals surface area (Å²) in [7, 11) is 3.52. The minimum Gasteiger partial charge on any atom is -0.496 e. The molecule has 3 heterocycles. The quantitative estimate of drug-likeness (QED) is 0.639. The van der Waals surface area contributed by atoms with Crippen LogP contribution in [0.2, 0.25) is 0 Å². The summed E-state index contributed by atoms with van der Waals surface area (Å²) in [6, 6.07) is 11.7. The Morgan fingerprint density at radius 2 is 2.00 bits per heavy atom. The second-order valence-electron chi connectivity index (χ2n) is 8.15. The fraction of sp³-hybridized carbons (Fsp3) is 0.360. The van der Waals surface area contributed by atoms with Crippen LogP contribution in [0.15, 0.2) is 48.8 Å². The number of aromatic nitrogens is 3. The molecule has 1 atom stereocenters. The highest BCUT2D eigenvalue weighted by atomic mass is 16.5. The smallest absolute Gasteiger partial charge is 0.227 e. The molecule has 1 saturated heterocycles. The van der Waals surface area contributed by atoms with Crippen molar-refractivity contribution in [1.29, 1.82) is 0 Å². The lowest BCUT2D eigenvalue weighted by atomic mass is 9.93. The Kier molecular flexibility index (Phi) is 6.63. The van der Waals surface area contributed by atoms with Crippen LogP contribution in [0.5, 0.6) is 5.75 Å². The van der Waals surface area contributed by atoms with E-state index in [9.17, 15) is 4.79 Å². The highest BCUT2D eigenvalue weighted by Crippen LogP contribution is 2.29. The summed E-state index contributed by atoms with van der Waals surface area (Å²) >= 11 is 0. The average Bonchev–Trinajstić information content (AvgIpc) is 2.84. The predicted molar refractivity (Wildman–Crippen MR) is 125 cm³/mol. The van der Waals surface area contributed by atoms with Crippen molar-refractivity contribution in [1.82, 2.24) is 19.9 Å². The SMILES string of the molecule is CNc1cc([C@@H]2CCCN(C(=O)Cc3ccc(OC)c(C)c3)C2)nc(-c2ccncc2)n1. The summed E-state index contributed by atoms with van der Waals surface area (Å²) in [6.45, 7) is 3.45. The lowest BCUT2D eigenvalue weighted by molar-refractivity contribution is -0.131. The Morgan fingerprint density at radius 1 is 1.19 bits per heavy atom. The fourth-order valence-corrected chi connectivity index (χ4v) is 4.22. The fourth-order valence-electron chi connectivity index (χ4n) is 4.22. The Morgan fingerprint density at radius 3 is 2.72 bits per heavy atom. The number of aryl methyl sites for hydroxylation is 1. The van der Waals surface area contributed by atoms with Crippen LogP contribution < -0.4 is 10.1 Å². The van der Waals surface area contributed by atoms with Crippen LogP contribution in [0.1, 0.15) is 35.6 Å². The molecule has 0 bridgehead atoms. The van der Waals surface area contributed by atoms with Gasteiger partial charge >= 0.3 is 0 Å². The summed E-state index contributed by atoms with van der Waals surface area (Å²) in [5, 5.41) is 3.14. The Bertz CT molecular complexity index is 1090. The van der Waals surface area contributed by atoms with Crippen LogP contribution >= 0.6 is 0 Å². The van der Waals surface area contributed by atoms with Gasteiger partial charge in [-0.25, -0.2) is 9.97 Å². The third-order valence-electron chi connectivity index (χ3n) is 5.95. The monoisotopic (exact) mass is 431 g/mol. The van der Waals surface area contributed by atoms with E-state index in [0.717, 1.165) is 53.3 Å². The molecule has 1 N–H and O–H groups in total. The molecule has 1 aromatic carbocycles. The molecule has 3 aromatic rings. The number of amides is 1. The lowest BCUT2D eigenvalue weighted by Gasteiger charge is -2.33. The van der Waals surface area contributed by atoms with Crippen molar-refractivity contribution < 1.29 is 9.53 Å². The molecular formula is C25H29N5O2. The first kappa shape index (κ1) is 21.7. The van der Waals surface area contributed by atoms with E-state index in [0.29, 0.717) is 18.8 Å². The number of piperidine rings is 1. The van der Waals surface area contributed by atoms with Crippen LogP contribution in [-0.2, 0) is 11.2 Å². The van der Waals surface area contributed by atoms with Crippen LogP contribution in [0.25, 0.3) is 11.4 Å². The topological polar surface area (TPSA) is 80.2 Å². The number of carbonyl (C=O) groups is 1. The number of carbonyl (C=O) groups excluding carboxylic acids is 1. The Labute approximate surface area is 188 Å². The number of pyridine rings is 1. The van der Waals surface area contributed by atoms with Gasteiger partial charge in [0.05, 0.1) is 19.2 Å². The first-order valence-electron chi connectivity index (χ1n) is 11.0. The highest BCUT2D eigenvalue weighted by Gasteiger charge is 2.26. The molecule has 0 saturated carbocycles. The summed E-state index contributed by atoms with van der Waals surface area (Å²) in [6.07, 6.45) is 5.84. The van der Waals surface area contributed by atoms with Gasteiger partial charge in [-0.2, -0.15) is 0 Å². The molecule has 1 amide bonds. The number of hydrogen-bond acceptors (Lipinski definition) is 6. The zero-order valence-electron chi connectivity index (χ0n) is 18.8. The third kappa shape index (κ3) is 4.88. The van der Waals surface area contributed by atoms with Crippen LogP contribution in [0.3, 0.4) is 0 Å². The van der Waals surface area contributed by atoms with Crippen molar-refractivity contribution in [3.8, 4) is 17.1 Å². The van der Waals surface area contributed by atoms with Crippen molar-refractivity contribution in [3.05, 3.63) is 65.6 Å². The zero-order chi connectivity index (χ0) is 22.5. The molecule has 32 heavy (non-hydrogen) atoms. The first-order valence-corrected chi connectivity index (χ1v) is 11.0. The van der Waals surface area contributed by atoms with Gasteiger partial charge in [-0.1, -0.05) is 12.1 Å². The van der Waals surface area contributed by atoms with Crippen LogP contribution in [-0.4, -0.2) is 53.0 Å². The number of rotatable bonds is 6. The molecule has 1 fully saturated rings. The van der Waals surface area contributed by atoms with E-state index >= 15 is 0 Å². The summed E-state index contributed by atoms with van der Waals surface area (Å²) < 4.78 is 5.33. The van der Waals surface area contributed by atoms with Gasteiger partial charge in [0, 0.05) is 50.1 Å². The van der Waals surface area contributed by atoms with Gasteiger partial charge < -0.3 is 15.0 Å². The Balaban J connectivity index is 1.51. The molecule has 0 radical (unpaired) electrons. The molecule has 7 nitrogen and oxygen atoms in total. The average molecular weight is 432 g/mol. The van der Waals surface area contributed by atoms with E-state index < -0.39 is 0 Å². The van der Waals surface area contributed by atoms with Gasteiger partial charge in [0.2, 0.25) is 5.91 Å². The molecule has 2 aromatic heterocycles. The lowest BCUT2D eigenvalue weighted by Crippen LogP contribution is -2.40. The molecule has 4 rings (SSSR count). The van der Waals surface area contributed by atoms with E-state index in [1.54, 1.807) is 19.5 Å². The molecule has 1 aliphatic heterocycles. The van der Waals surface area contributed by atoms with Crippen LogP contribution in [0.4, 0.5) is 5.82 Å². The number of likely N-dealkylation sites (tertiary alicyclic amines) is 1. The minimum atomic E-state index is 0.150. The maximum Gasteiger partial charge on any atom is 0.227 e. The van der Waals surface area contributed by atoms with Gasteiger partial charge in [0.15, 0.2) is 5.82 Å². The van der Waals surface area contributed by atoms with Crippen molar-refractivity contribution >= 4 is 11.7 Å². The number of hydrogen-bond donors (Lipinski definition) is 1. The summed E-state index contributed by atoms with van der Waals surface area (Å²) in [5.41, 5.74) is 3.94. The van der Waals surface area contributed by atoms with Gasteiger partial charge in [-0.15, -0.1) is 0 Å². The van der Waals surface area contributed by atoms with E-state index in [4.69, 9.17) is 9.72 Å². The maximum absolute atomic E-state index is 13.1. The molecular weight excluding hydrogens is 402 g/mol. The standard InChI is InChI=1S/C25H29N5O2/c1-17-13-18(6-7-22(17)32-3)14-24(31)30-12-4-5-20(16-30)21-15-23(26-2)29-25(28-21)19-8-10-27-11-9-19/h6-11,13,15,20H,4-5,12,14,16H2,1-3H3,(H,26,28,29)/t20-/m1/s1. The van der Waals surface area contributed by atoms with Crippen molar-refractivity contribution in [2.24, 2.45) is 0 Å². The van der Waals surface area contributed by atoms with Gasteiger partial charge in [-0.05, 0) is 49.1 Å². The maximum atomic E-state index is 13.1. The number of methoxy groups -OCH3 is 1. The van der Waals surface area contributed by atoms with Crippen molar-refractivity contribution in [2.45, 2.75) is 32.1 Å². The highest BCUT2D eigenvalue weighted by molar-refractivity contribution is 5.79. The third-order valence-corrected chi connectivity index (χ3v) is 5.95.